The molecule has 3 unspecified atom stereocenters. The van der Waals surface area contributed by atoms with Gasteiger partial charge in [-0.1, -0.05) is 0 Å². The van der Waals surface area contributed by atoms with Gasteiger partial charge in [-0.2, -0.15) is 26.3 Å². The molecule has 1 aromatic heterocycles. The van der Waals surface area contributed by atoms with Crippen LogP contribution in [0.5, 0.6) is 6.01 Å². The smallest absolute Gasteiger partial charge is 0.419 e. The summed E-state index contributed by atoms with van der Waals surface area (Å²) < 4.78 is 88.2. The predicted molar refractivity (Wildman–Crippen MR) is 110 cm³/mol. The molecule has 3 N–H and O–H groups in total. The predicted octanol–water partition coefficient (Wildman–Crippen LogP) is 1.04. The zero-order valence-electron chi connectivity index (χ0n) is 19.2. The molecule has 3 rings (SSSR count). The Labute approximate surface area is 202 Å². The average molecular weight is 528 g/mol. The van der Waals surface area contributed by atoms with Gasteiger partial charge in [0.2, 0.25) is 11.8 Å². The molecule has 0 spiro atoms. The van der Waals surface area contributed by atoms with E-state index in [0.717, 1.165) is 0 Å². The van der Waals surface area contributed by atoms with Crippen molar-refractivity contribution in [2.75, 3.05) is 32.8 Å². The Hall–Kier alpha value is -2.72. The summed E-state index contributed by atoms with van der Waals surface area (Å²) >= 11 is 0. The van der Waals surface area contributed by atoms with E-state index in [4.69, 9.17) is 9.47 Å². The summed E-state index contributed by atoms with van der Waals surface area (Å²) in [7, 11) is 0. The molecule has 0 aromatic carbocycles. The first-order valence-corrected chi connectivity index (χ1v) is 11.1. The second-order valence-electron chi connectivity index (χ2n) is 8.51. The van der Waals surface area contributed by atoms with Crippen molar-refractivity contribution in [3.8, 4) is 6.01 Å². The van der Waals surface area contributed by atoms with Crippen molar-refractivity contribution in [2.45, 2.75) is 50.3 Å². The van der Waals surface area contributed by atoms with E-state index in [1.165, 1.54) is 4.90 Å². The molecule has 1 aromatic rings. The van der Waals surface area contributed by atoms with E-state index in [-0.39, 0.29) is 44.6 Å². The number of aromatic nitrogens is 2. The van der Waals surface area contributed by atoms with Gasteiger partial charge in [-0.15, -0.1) is 0 Å². The highest BCUT2D eigenvalue weighted by atomic mass is 19.4. The van der Waals surface area contributed by atoms with Crippen molar-refractivity contribution in [3.63, 3.8) is 0 Å². The van der Waals surface area contributed by atoms with E-state index in [1.54, 1.807) is 6.92 Å². The number of carbonyl (C=O) groups is 2. The summed E-state index contributed by atoms with van der Waals surface area (Å²) in [5.74, 6) is -3.59. The van der Waals surface area contributed by atoms with Crippen LogP contribution in [-0.2, 0) is 20.5 Å². The Morgan fingerprint density at radius 2 is 1.94 bits per heavy atom. The fraction of sp³-hybridized carbons (Fsp3) is 0.700. The molecule has 2 aliphatic heterocycles. The molecule has 0 radical (unpaired) electrons. The van der Waals surface area contributed by atoms with Gasteiger partial charge < -0.3 is 19.7 Å². The topological polar surface area (TPSA) is 118 Å². The highest BCUT2D eigenvalue weighted by molar-refractivity contribution is 5.80. The molecule has 0 bridgehead atoms. The third kappa shape index (κ3) is 7.64. The Morgan fingerprint density at radius 1 is 1.25 bits per heavy atom. The number of hydrazine groups is 1. The van der Waals surface area contributed by atoms with Crippen molar-refractivity contribution >= 4 is 11.8 Å². The summed E-state index contributed by atoms with van der Waals surface area (Å²) in [6.45, 7) is 2.12. The number of ether oxygens (including phenoxy) is 2. The molecule has 202 valence electrons. The number of alkyl halides is 6. The van der Waals surface area contributed by atoms with Crippen LogP contribution in [0.2, 0.25) is 0 Å². The lowest BCUT2D eigenvalue weighted by molar-refractivity contribution is -0.193. The van der Waals surface area contributed by atoms with Crippen molar-refractivity contribution in [3.05, 3.63) is 18.0 Å². The summed E-state index contributed by atoms with van der Waals surface area (Å²) in [6.07, 6.45) is -8.02. The zero-order chi connectivity index (χ0) is 26.5. The highest BCUT2D eigenvalue weighted by Gasteiger charge is 2.51. The van der Waals surface area contributed by atoms with Crippen LogP contribution >= 0.6 is 0 Å². The molecule has 2 saturated heterocycles. The molecule has 10 nitrogen and oxygen atoms in total. The highest BCUT2D eigenvalue weighted by Crippen LogP contribution is 2.30. The monoisotopic (exact) mass is 528 g/mol. The van der Waals surface area contributed by atoms with Gasteiger partial charge in [-0.25, -0.2) is 15.4 Å². The summed E-state index contributed by atoms with van der Waals surface area (Å²) in [6, 6.07) is -1.91. The number of nitrogens with zero attached hydrogens (tertiary/aromatic N) is 3. The van der Waals surface area contributed by atoms with Crippen molar-refractivity contribution < 1.29 is 45.4 Å². The van der Waals surface area contributed by atoms with E-state index in [2.05, 4.69) is 20.7 Å². The number of carbonyl (C=O) groups excluding carboxylic acids is 2. The second kappa shape index (κ2) is 11.6. The van der Waals surface area contributed by atoms with Gasteiger partial charge in [0.25, 0.3) is 0 Å². The molecule has 36 heavy (non-hydrogen) atoms. The quantitative estimate of drug-likeness (QED) is 0.322. The third-order valence-corrected chi connectivity index (χ3v) is 5.62. The molecule has 0 aliphatic carbocycles. The molecule has 16 heteroatoms. The Bertz CT molecular complexity index is 900. The van der Waals surface area contributed by atoms with Crippen LogP contribution in [0.15, 0.2) is 12.4 Å². The first-order chi connectivity index (χ1) is 16.8. The molecule has 0 saturated carbocycles. The number of rotatable bonds is 9. The van der Waals surface area contributed by atoms with Crippen molar-refractivity contribution in [1.29, 1.82) is 0 Å². The first-order valence-electron chi connectivity index (χ1n) is 11.1. The maximum atomic E-state index is 13.2. The molecule has 2 amide bonds. The van der Waals surface area contributed by atoms with Crippen molar-refractivity contribution in [2.24, 2.45) is 5.92 Å². The number of amides is 2. The van der Waals surface area contributed by atoms with E-state index >= 15 is 0 Å². The Morgan fingerprint density at radius 3 is 2.58 bits per heavy atom. The van der Waals surface area contributed by atoms with Gasteiger partial charge in [-0.05, 0) is 6.92 Å². The van der Waals surface area contributed by atoms with Crippen molar-refractivity contribution in [1.82, 2.24) is 31.0 Å². The lowest BCUT2D eigenvalue weighted by Crippen LogP contribution is -2.64. The van der Waals surface area contributed by atoms with Gasteiger partial charge in [0.15, 0.2) is 5.92 Å². The van der Waals surface area contributed by atoms with Gasteiger partial charge >= 0.3 is 18.4 Å². The zero-order valence-corrected chi connectivity index (χ0v) is 19.2. The minimum Gasteiger partial charge on any atom is -0.458 e. The normalized spacial score (nSPS) is 23.9. The van der Waals surface area contributed by atoms with Crippen LogP contribution < -0.4 is 20.9 Å². The molecular weight excluding hydrogens is 502 g/mol. The van der Waals surface area contributed by atoms with Gasteiger partial charge in [0.05, 0.1) is 31.7 Å². The second-order valence-corrected chi connectivity index (χ2v) is 8.51. The van der Waals surface area contributed by atoms with Crippen LogP contribution in [-0.4, -0.2) is 83.9 Å². The van der Waals surface area contributed by atoms with E-state index < -0.39 is 47.9 Å². The van der Waals surface area contributed by atoms with Crippen LogP contribution in [0, 0.1) is 5.92 Å². The molecule has 2 fully saturated rings. The van der Waals surface area contributed by atoms with Crippen LogP contribution in [0.1, 0.15) is 25.3 Å². The summed E-state index contributed by atoms with van der Waals surface area (Å²) in [5, 5.41) is 2.74. The fourth-order valence-corrected chi connectivity index (χ4v) is 3.87. The van der Waals surface area contributed by atoms with E-state index in [0.29, 0.717) is 25.4 Å². The minimum atomic E-state index is -4.70. The minimum absolute atomic E-state index is 0.0208. The maximum Gasteiger partial charge on any atom is 0.419 e. The van der Waals surface area contributed by atoms with Gasteiger partial charge in [-0.3, -0.25) is 15.0 Å². The number of likely N-dealkylation sites (tertiary alicyclic amines) is 1. The number of halogens is 6. The van der Waals surface area contributed by atoms with Crippen LogP contribution in [0.4, 0.5) is 26.3 Å². The fourth-order valence-electron chi connectivity index (χ4n) is 3.87. The number of hydrogen-bond acceptors (Lipinski definition) is 8. The summed E-state index contributed by atoms with van der Waals surface area (Å²) in [4.78, 5) is 32.6. The molecule has 4 atom stereocenters. The maximum absolute atomic E-state index is 13.2. The molecular formula is C20H26F6N6O4. The SMILES string of the molecule is C[C@@H](COCCC(=O)N1CCC(Oc2ncc(C(F)(F)F)cn2)C1)NC1CNNC(=O)C1C(F)(F)F. The third-order valence-electron chi connectivity index (χ3n) is 5.62. The standard InChI is InChI=1S/C20H26F6N6O4/c1-11(30-14-8-29-31-17(34)16(14)20(24,25)26)10-35-5-3-15(33)32-4-2-13(9-32)36-18-27-6-12(7-28-18)19(21,22)23/h6-7,11,13-14,16,29-30H,2-5,8-10H2,1H3,(H,31,34)/t11-,13?,14?,16?/m0/s1. The first kappa shape index (κ1) is 27.9. The molecule has 2 aliphatic rings. The number of nitrogens with one attached hydrogen (secondary N) is 3. The Kier molecular flexibility index (Phi) is 8.94. The Balaban J connectivity index is 1.35. The van der Waals surface area contributed by atoms with E-state index in [9.17, 15) is 35.9 Å². The largest absolute Gasteiger partial charge is 0.458 e. The van der Waals surface area contributed by atoms with Gasteiger partial charge in [0.1, 0.15) is 6.10 Å². The lowest BCUT2D eigenvalue weighted by Gasteiger charge is -2.35. The lowest BCUT2D eigenvalue weighted by atomic mass is 9.96. The molecule has 3 heterocycles. The summed E-state index contributed by atoms with van der Waals surface area (Å²) in [5.41, 5.74) is 3.40. The average Bonchev–Trinajstić information content (AvgIpc) is 3.24. The van der Waals surface area contributed by atoms with Gasteiger partial charge in [0, 0.05) is 44.0 Å². The number of hydrogen-bond donors (Lipinski definition) is 3. The van der Waals surface area contributed by atoms with E-state index in [1.807, 2.05) is 5.43 Å². The van der Waals surface area contributed by atoms with Crippen LogP contribution in [0.3, 0.4) is 0 Å². The van der Waals surface area contributed by atoms with Crippen LogP contribution in [0.25, 0.3) is 0 Å².